The number of hydrogen-bond acceptors (Lipinski definition) is 7. The molecule has 1 heterocycles. The average Bonchev–Trinajstić information content (AvgIpc) is 2.81. The minimum absolute atomic E-state index is 0. The minimum Gasteiger partial charge on any atom is -0.483 e. The Bertz CT molecular complexity index is 612. The van der Waals surface area contributed by atoms with Gasteiger partial charge in [0, 0.05) is 13.7 Å². The molecule has 0 spiro atoms. The van der Waals surface area contributed by atoms with Gasteiger partial charge in [0.15, 0.2) is 0 Å². The third kappa shape index (κ3) is 14.5. The highest BCUT2D eigenvalue weighted by Crippen LogP contribution is 2.14. The number of rotatable bonds is 12. The quantitative estimate of drug-likeness (QED) is 0.216. The highest BCUT2D eigenvalue weighted by atomic mass is 16.5. The van der Waals surface area contributed by atoms with Gasteiger partial charge in [-0.2, -0.15) is 0 Å². The molecular formula is C23H46N4O7. The fourth-order valence-corrected chi connectivity index (χ4v) is 2.97. The first-order valence-electron chi connectivity index (χ1n) is 11.4. The van der Waals surface area contributed by atoms with Crippen molar-refractivity contribution in [3.8, 4) is 0 Å². The molecule has 0 saturated heterocycles. The number of methoxy groups -OCH3 is 2. The van der Waals surface area contributed by atoms with Gasteiger partial charge in [-0.1, -0.05) is 41.5 Å². The molecule has 11 heteroatoms. The SMILES string of the molecule is C.CC.CCCCN(CCC)CCCNC(=O)N1CC(C(=O)OC)=C(COC)NC1=O.O=CO. The van der Waals surface area contributed by atoms with E-state index in [0.29, 0.717) is 12.2 Å². The van der Waals surface area contributed by atoms with Gasteiger partial charge in [-0.05, 0) is 38.9 Å². The van der Waals surface area contributed by atoms with E-state index in [1.165, 1.54) is 14.2 Å². The van der Waals surface area contributed by atoms with Crippen LogP contribution in [0, 0.1) is 0 Å². The van der Waals surface area contributed by atoms with Gasteiger partial charge in [-0.3, -0.25) is 4.79 Å². The zero-order valence-corrected chi connectivity index (χ0v) is 20.9. The van der Waals surface area contributed by atoms with E-state index < -0.39 is 18.0 Å². The molecule has 11 nitrogen and oxygen atoms in total. The zero-order valence-electron chi connectivity index (χ0n) is 20.9. The summed E-state index contributed by atoms with van der Waals surface area (Å²) in [6, 6.07) is -1.13. The first kappa shape index (κ1) is 35.9. The van der Waals surface area contributed by atoms with Crippen LogP contribution in [-0.2, 0) is 19.1 Å². The van der Waals surface area contributed by atoms with E-state index in [0.717, 1.165) is 50.2 Å². The first-order chi connectivity index (χ1) is 15.9. The number of unbranched alkanes of at least 4 members (excludes halogenated alkanes) is 1. The van der Waals surface area contributed by atoms with Crippen LogP contribution in [0.5, 0.6) is 0 Å². The van der Waals surface area contributed by atoms with Gasteiger partial charge < -0.3 is 30.1 Å². The number of imide groups is 1. The van der Waals surface area contributed by atoms with Crippen LogP contribution in [0.2, 0.25) is 0 Å². The van der Waals surface area contributed by atoms with Crippen LogP contribution in [-0.4, -0.2) is 93.0 Å². The molecule has 1 rings (SSSR count). The van der Waals surface area contributed by atoms with Gasteiger partial charge in [-0.25, -0.2) is 19.3 Å². The van der Waals surface area contributed by atoms with Crippen molar-refractivity contribution in [1.82, 2.24) is 20.4 Å². The molecule has 34 heavy (non-hydrogen) atoms. The number of nitrogens with one attached hydrogen (secondary N) is 2. The van der Waals surface area contributed by atoms with E-state index in [2.05, 4.69) is 29.4 Å². The van der Waals surface area contributed by atoms with Crippen molar-refractivity contribution in [3.05, 3.63) is 11.3 Å². The molecule has 200 valence electrons. The lowest BCUT2D eigenvalue weighted by molar-refractivity contribution is -0.136. The van der Waals surface area contributed by atoms with Crippen LogP contribution in [0.4, 0.5) is 9.59 Å². The summed E-state index contributed by atoms with van der Waals surface area (Å²) in [6.07, 6.45) is 4.20. The number of ether oxygens (including phenoxy) is 2. The molecule has 0 aliphatic carbocycles. The Hall–Kier alpha value is -2.66. The highest BCUT2D eigenvalue weighted by molar-refractivity contribution is 6.00. The zero-order chi connectivity index (χ0) is 25.6. The fourth-order valence-electron chi connectivity index (χ4n) is 2.97. The van der Waals surface area contributed by atoms with Gasteiger partial charge in [-0.15, -0.1) is 0 Å². The monoisotopic (exact) mass is 490 g/mol. The largest absolute Gasteiger partial charge is 0.483 e. The number of hydrogen-bond donors (Lipinski definition) is 3. The Labute approximate surface area is 204 Å². The maximum absolute atomic E-state index is 12.4. The summed E-state index contributed by atoms with van der Waals surface area (Å²) < 4.78 is 9.74. The molecule has 0 aromatic carbocycles. The van der Waals surface area contributed by atoms with Crippen LogP contribution in [0.3, 0.4) is 0 Å². The van der Waals surface area contributed by atoms with E-state index >= 15 is 0 Å². The number of carbonyl (C=O) groups excluding carboxylic acids is 3. The van der Waals surface area contributed by atoms with Crippen molar-refractivity contribution in [3.63, 3.8) is 0 Å². The standard InChI is InChI=1S/C19H34N4O5.C2H6.CH2O2.CH4/c1-5-7-11-22(10-6-2)12-8-9-20-18(25)23-13-15(17(24)28-4)16(14-27-3)21-19(23)26;1-2;2-1-3;/h5-14H2,1-4H3,(H,20,25)(H,21,26);1-2H3;1H,(H,2,3);1H4. The Morgan fingerprint density at radius 1 is 1.15 bits per heavy atom. The van der Waals surface area contributed by atoms with Crippen molar-refractivity contribution in [2.75, 3.05) is 53.6 Å². The van der Waals surface area contributed by atoms with E-state index in [9.17, 15) is 14.4 Å². The van der Waals surface area contributed by atoms with Gasteiger partial charge in [0.1, 0.15) is 0 Å². The Kier molecular flexibility index (Phi) is 24.8. The second-order valence-corrected chi connectivity index (χ2v) is 6.78. The second kappa shape index (κ2) is 23.5. The first-order valence-corrected chi connectivity index (χ1v) is 11.4. The van der Waals surface area contributed by atoms with E-state index in [1.54, 1.807) is 0 Å². The van der Waals surface area contributed by atoms with Crippen LogP contribution in [0.25, 0.3) is 0 Å². The summed E-state index contributed by atoms with van der Waals surface area (Å²) in [6.45, 7) is 11.4. The summed E-state index contributed by atoms with van der Waals surface area (Å²) in [5.74, 6) is -0.601. The summed E-state index contributed by atoms with van der Waals surface area (Å²) >= 11 is 0. The topological polar surface area (TPSA) is 138 Å². The molecule has 0 aromatic rings. The van der Waals surface area contributed by atoms with Crippen molar-refractivity contribution in [2.45, 2.75) is 60.8 Å². The number of esters is 1. The Morgan fingerprint density at radius 2 is 1.74 bits per heavy atom. The molecule has 1 aliphatic heterocycles. The molecule has 1 aliphatic rings. The number of nitrogens with zero attached hydrogens (tertiary/aromatic N) is 2. The Morgan fingerprint density at radius 3 is 2.24 bits per heavy atom. The number of carbonyl (C=O) groups is 4. The molecule has 0 atom stereocenters. The predicted molar refractivity (Wildman–Crippen MR) is 133 cm³/mol. The van der Waals surface area contributed by atoms with Crippen LogP contribution < -0.4 is 10.6 Å². The van der Waals surface area contributed by atoms with Crippen molar-refractivity contribution >= 4 is 24.5 Å². The van der Waals surface area contributed by atoms with Gasteiger partial charge in [0.2, 0.25) is 0 Å². The maximum Gasteiger partial charge on any atom is 0.337 e. The van der Waals surface area contributed by atoms with Gasteiger partial charge in [0.05, 0.1) is 31.5 Å². The molecule has 0 unspecified atom stereocenters. The lowest BCUT2D eigenvalue weighted by atomic mass is 10.1. The lowest BCUT2D eigenvalue weighted by Gasteiger charge is -2.29. The van der Waals surface area contributed by atoms with E-state index in [4.69, 9.17) is 19.4 Å². The maximum atomic E-state index is 12.4. The molecular weight excluding hydrogens is 444 g/mol. The van der Waals surface area contributed by atoms with Crippen LogP contribution in [0.1, 0.15) is 60.8 Å². The van der Waals surface area contributed by atoms with Crippen molar-refractivity contribution in [2.24, 2.45) is 0 Å². The van der Waals surface area contributed by atoms with Crippen LogP contribution >= 0.6 is 0 Å². The van der Waals surface area contributed by atoms with E-state index in [-0.39, 0.29) is 32.6 Å². The minimum atomic E-state index is -0.601. The van der Waals surface area contributed by atoms with Gasteiger partial charge >= 0.3 is 18.0 Å². The summed E-state index contributed by atoms with van der Waals surface area (Å²) in [5.41, 5.74) is 0.516. The molecule has 0 radical (unpaired) electrons. The Balaban J connectivity index is -0.00000148. The van der Waals surface area contributed by atoms with Crippen molar-refractivity contribution in [1.29, 1.82) is 0 Å². The molecule has 0 aromatic heterocycles. The molecule has 3 N–H and O–H groups in total. The third-order valence-electron chi connectivity index (χ3n) is 4.44. The molecule has 0 bridgehead atoms. The number of amides is 4. The fraction of sp³-hybridized carbons (Fsp3) is 0.739. The number of carboxylic acid groups (broad SMARTS) is 1. The summed E-state index contributed by atoms with van der Waals surface area (Å²) in [4.78, 5) is 48.3. The summed E-state index contributed by atoms with van der Waals surface area (Å²) in [7, 11) is 2.71. The lowest BCUT2D eigenvalue weighted by Crippen LogP contribution is -2.54. The molecule has 0 saturated carbocycles. The number of urea groups is 2. The van der Waals surface area contributed by atoms with Crippen LogP contribution in [0.15, 0.2) is 11.3 Å². The van der Waals surface area contributed by atoms with Crippen molar-refractivity contribution < 1.29 is 33.8 Å². The third-order valence-corrected chi connectivity index (χ3v) is 4.44. The highest BCUT2D eigenvalue weighted by Gasteiger charge is 2.32. The second-order valence-electron chi connectivity index (χ2n) is 6.78. The molecule has 0 fully saturated rings. The van der Waals surface area contributed by atoms with E-state index in [1.807, 2.05) is 13.8 Å². The normalized spacial score (nSPS) is 12.3. The average molecular weight is 491 g/mol. The summed E-state index contributed by atoms with van der Waals surface area (Å²) in [5, 5.41) is 12.2. The molecule has 4 amide bonds. The van der Waals surface area contributed by atoms with Gasteiger partial charge in [0.25, 0.3) is 6.47 Å². The smallest absolute Gasteiger partial charge is 0.337 e. The predicted octanol–water partition coefficient (Wildman–Crippen LogP) is 3.06.